The molecule has 0 atom stereocenters. The summed E-state index contributed by atoms with van der Waals surface area (Å²) in [5.74, 6) is 1.36. The van der Waals surface area contributed by atoms with Crippen LogP contribution in [0.4, 0.5) is 0 Å². The molecule has 0 bridgehead atoms. The Bertz CT molecular complexity index is 258. The first-order valence-electron chi connectivity index (χ1n) is 7.00. The molecule has 0 aliphatic carbocycles. The predicted octanol–water partition coefficient (Wildman–Crippen LogP) is 2.46. The van der Waals surface area contributed by atoms with Gasteiger partial charge in [-0.3, -0.25) is 9.59 Å². The number of hydrogen-bond donors (Lipinski definition) is 2. The number of carbonyl (C=O) groups excluding carboxylic acids is 2. The van der Waals surface area contributed by atoms with Crippen molar-refractivity contribution >= 4 is 24.1 Å². The third-order valence-electron chi connectivity index (χ3n) is 2.56. The number of hydrogen-bond acceptors (Lipinski definition) is 3. The molecule has 0 spiro atoms. The minimum Gasteiger partial charge on any atom is -0.352 e. The van der Waals surface area contributed by atoms with E-state index in [2.05, 4.69) is 17.6 Å². The van der Waals surface area contributed by atoms with Crippen LogP contribution < -0.4 is 10.6 Å². The molecule has 4 nitrogen and oxygen atoms in total. The number of rotatable bonds is 13. The van der Waals surface area contributed by atoms with Gasteiger partial charge in [0.1, 0.15) is 0 Å². The quantitative estimate of drug-likeness (QED) is 0.237. The van der Waals surface area contributed by atoms with Crippen LogP contribution in [-0.2, 0) is 9.59 Å². The predicted molar refractivity (Wildman–Crippen MR) is 82.1 cm³/mol. The van der Waals surface area contributed by atoms with E-state index in [0.29, 0.717) is 18.8 Å². The number of amides is 2. The zero-order valence-electron chi connectivity index (χ0n) is 11.8. The molecule has 0 saturated carbocycles. The number of nitrogens with one attached hydrogen (secondary N) is 2. The second kappa shape index (κ2) is 15.1. The van der Waals surface area contributed by atoms with Crippen molar-refractivity contribution in [2.45, 2.75) is 45.4 Å². The molecule has 0 aromatic rings. The zero-order chi connectivity index (χ0) is 14.2. The molecule has 2 amide bonds. The first kappa shape index (κ1) is 18.0. The molecule has 0 heterocycles. The maximum atomic E-state index is 11.4. The molecule has 0 aliphatic heterocycles. The van der Waals surface area contributed by atoms with Crippen molar-refractivity contribution in [2.75, 3.05) is 18.2 Å². The number of carbonyl (C=O) groups is 2. The summed E-state index contributed by atoms with van der Waals surface area (Å²) in [5.41, 5.74) is 0. The molecule has 0 fully saturated rings. The Labute approximate surface area is 120 Å². The van der Waals surface area contributed by atoms with E-state index in [1.807, 2.05) is 6.08 Å². The molecule has 0 rings (SSSR count). The lowest BCUT2D eigenvalue weighted by molar-refractivity contribution is -0.116. The minimum absolute atomic E-state index is 0.0301. The van der Waals surface area contributed by atoms with E-state index in [1.54, 1.807) is 17.8 Å². The highest BCUT2D eigenvalue weighted by atomic mass is 32.2. The summed E-state index contributed by atoms with van der Waals surface area (Å²) < 4.78 is 0. The molecule has 110 valence electrons. The van der Waals surface area contributed by atoms with Crippen molar-refractivity contribution in [3.05, 3.63) is 12.2 Å². The highest BCUT2D eigenvalue weighted by Gasteiger charge is 1.94. The van der Waals surface area contributed by atoms with E-state index in [1.165, 1.54) is 25.7 Å². The van der Waals surface area contributed by atoms with E-state index in [9.17, 15) is 9.59 Å². The second-order valence-electron chi connectivity index (χ2n) is 4.27. The van der Waals surface area contributed by atoms with Gasteiger partial charge < -0.3 is 10.6 Å². The fourth-order valence-corrected chi connectivity index (χ4v) is 2.10. The Morgan fingerprint density at radius 1 is 1.21 bits per heavy atom. The van der Waals surface area contributed by atoms with Crippen LogP contribution in [0.3, 0.4) is 0 Å². The maximum Gasteiger partial charge on any atom is 0.243 e. The highest BCUT2D eigenvalue weighted by Crippen LogP contribution is 2.05. The first-order chi connectivity index (χ1) is 9.31. The molecule has 0 aromatic carbocycles. The van der Waals surface area contributed by atoms with Crippen LogP contribution in [0.15, 0.2) is 12.2 Å². The largest absolute Gasteiger partial charge is 0.352 e. The number of unbranched alkanes of at least 4 members (excludes halogenated alkanes) is 5. The van der Waals surface area contributed by atoms with E-state index >= 15 is 0 Å². The lowest BCUT2D eigenvalue weighted by Gasteiger charge is -2.01. The van der Waals surface area contributed by atoms with Gasteiger partial charge in [0.2, 0.25) is 12.3 Å². The van der Waals surface area contributed by atoms with Crippen molar-refractivity contribution in [3.8, 4) is 0 Å². The van der Waals surface area contributed by atoms with Crippen LogP contribution in [0.25, 0.3) is 0 Å². The fraction of sp³-hybridized carbons (Fsp3) is 0.714. The SMILES string of the molecule is CCCCCCCC=CC(=O)NCCSCNC=O. The van der Waals surface area contributed by atoms with Crippen LogP contribution in [0, 0.1) is 0 Å². The highest BCUT2D eigenvalue weighted by molar-refractivity contribution is 7.99. The smallest absolute Gasteiger partial charge is 0.243 e. The standard InChI is InChI=1S/C14H26N2O2S/c1-2-3-4-5-6-7-8-9-14(18)16-10-11-19-13-15-12-17/h8-9,12H,2-7,10-11,13H2,1H3,(H,15,17)(H,16,18). The lowest BCUT2D eigenvalue weighted by atomic mass is 10.1. The molecule has 5 heteroatoms. The number of thioether (sulfide) groups is 1. The van der Waals surface area contributed by atoms with Gasteiger partial charge in [-0.2, -0.15) is 0 Å². The Hall–Kier alpha value is -0.970. The Morgan fingerprint density at radius 2 is 2.00 bits per heavy atom. The molecule has 0 radical (unpaired) electrons. The molecular weight excluding hydrogens is 260 g/mol. The average Bonchev–Trinajstić information content (AvgIpc) is 2.41. The van der Waals surface area contributed by atoms with E-state index in [4.69, 9.17) is 0 Å². The third kappa shape index (κ3) is 15.0. The molecule has 0 saturated heterocycles. The second-order valence-corrected chi connectivity index (χ2v) is 5.38. The van der Waals surface area contributed by atoms with Gasteiger partial charge in [0.15, 0.2) is 0 Å². The summed E-state index contributed by atoms with van der Waals surface area (Å²) in [7, 11) is 0. The monoisotopic (exact) mass is 286 g/mol. The summed E-state index contributed by atoms with van der Waals surface area (Å²) in [4.78, 5) is 21.4. The third-order valence-corrected chi connectivity index (χ3v) is 3.42. The fourth-order valence-electron chi connectivity index (χ4n) is 1.53. The summed E-state index contributed by atoms with van der Waals surface area (Å²) in [6.07, 6.45) is 11.5. The van der Waals surface area contributed by atoms with E-state index in [-0.39, 0.29) is 5.91 Å². The van der Waals surface area contributed by atoms with Crippen LogP contribution in [0.1, 0.15) is 45.4 Å². The molecule has 0 unspecified atom stereocenters. The molecule has 0 aliphatic rings. The Balaban J connectivity index is 3.30. The lowest BCUT2D eigenvalue weighted by Crippen LogP contribution is -2.24. The summed E-state index contributed by atoms with van der Waals surface area (Å²) in [5, 5.41) is 5.36. The molecule has 19 heavy (non-hydrogen) atoms. The number of allylic oxidation sites excluding steroid dienone is 1. The minimum atomic E-state index is -0.0301. The van der Waals surface area contributed by atoms with E-state index < -0.39 is 0 Å². The Morgan fingerprint density at radius 3 is 2.74 bits per heavy atom. The van der Waals surface area contributed by atoms with Crippen molar-refractivity contribution in [3.63, 3.8) is 0 Å². The molecule has 2 N–H and O–H groups in total. The van der Waals surface area contributed by atoms with Gasteiger partial charge in [-0.15, -0.1) is 11.8 Å². The van der Waals surface area contributed by atoms with Crippen LogP contribution in [-0.4, -0.2) is 30.5 Å². The summed E-state index contributed by atoms with van der Waals surface area (Å²) in [6.45, 7) is 2.84. The average molecular weight is 286 g/mol. The van der Waals surface area contributed by atoms with Gasteiger partial charge in [-0.1, -0.05) is 38.7 Å². The maximum absolute atomic E-state index is 11.4. The topological polar surface area (TPSA) is 58.2 Å². The van der Waals surface area contributed by atoms with Gasteiger partial charge in [-0.05, 0) is 18.9 Å². The first-order valence-corrected chi connectivity index (χ1v) is 8.16. The van der Waals surface area contributed by atoms with Crippen LogP contribution >= 0.6 is 11.8 Å². The van der Waals surface area contributed by atoms with Gasteiger partial charge >= 0.3 is 0 Å². The Kier molecular flexibility index (Phi) is 14.3. The van der Waals surface area contributed by atoms with Gasteiger partial charge in [-0.25, -0.2) is 0 Å². The van der Waals surface area contributed by atoms with Gasteiger partial charge in [0.05, 0.1) is 5.88 Å². The normalized spacial score (nSPS) is 10.6. The van der Waals surface area contributed by atoms with Crippen molar-refractivity contribution in [1.29, 1.82) is 0 Å². The van der Waals surface area contributed by atoms with Crippen LogP contribution in [0.2, 0.25) is 0 Å². The van der Waals surface area contributed by atoms with E-state index in [0.717, 1.165) is 18.6 Å². The van der Waals surface area contributed by atoms with Gasteiger partial charge in [0, 0.05) is 12.3 Å². The van der Waals surface area contributed by atoms with Crippen molar-refractivity contribution in [1.82, 2.24) is 10.6 Å². The summed E-state index contributed by atoms with van der Waals surface area (Å²) in [6, 6.07) is 0. The van der Waals surface area contributed by atoms with Crippen molar-refractivity contribution in [2.24, 2.45) is 0 Å². The summed E-state index contributed by atoms with van der Waals surface area (Å²) >= 11 is 1.58. The van der Waals surface area contributed by atoms with Crippen LogP contribution in [0.5, 0.6) is 0 Å². The zero-order valence-corrected chi connectivity index (χ0v) is 12.6. The molecular formula is C14H26N2O2S. The molecule has 0 aromatic heterocycles. The van der Waals surface area contributed by atoms with Crippen molar-refractivity contribution < 1.29 is 9.59 Å². The van der Waals surface area contributed by atoms with Gasteiger partial charge in [0.25, 0.3) is 0 Å².